The van der Waals surface area contributed by atoms with Crippen LogP contribution in [0.4, 0.5) is 0 Å². The molecule has 21 heavy (non-hydrogen) atoms. The average molecular weight is 283 g/mol. The van der Waals surface area contributed by atoms with Crippen LogP contribution < -0.4 is 9.47 Å². The molecule has 0 aliphatic carbocycles. The van der Waals surface area contributed by atoms with Crippen molar-refractivity contribution in [1.29, 1.82) is 5.26 Å². The third-order valence-corrected chi connectivity index (χ3v) is 2.69. The monoisotopic (exact) mass is 283 g/mol. The molecular weight excluding hydrogens is 270 g/mol. The van der Waals surface area contributed by atoms with E-state index in [4.69, 9.17) is 19.8 Å². The molecule has 0 radical (unpaired) electrons. The molecular formula is C16H13NO4. The van der Waals surface area contributed by atoms with Gasteiger partial charge in [0.05, 0.1) is 17.7 Å². The molecule has 0 saturated carbocycles. The van der Waals surface area contributed by atoms with Crippen molar-refractivity contribution in [3.63, 3.8) is 0 Å². The predicted octanol–water partition coefficient (Wildman–Crippen LogP) is 3.45. The average Bonchev–Trinajstić information content (AvgIpc) is 2.48. The van der Waals surface area contributed by atoms with Gasteiger partial charge in [-0.15, -0.1) is 0 Å². The van der Waals surface area contributed by atoms with Crippen LogP contribution >= 0.6 is 0 Å². The maximum Gasteiger partial charge on any atom is 0.335 e. The van der Waals surface area contributed by atoms with Crippen molar-refractivity contribution in [2.75, 3.05) is 6.61 Å². The fourth-order valence-electron chi connectivity index (χ4n) is 1.76. The molecule has 0 unspecified atom stereocenters. The van der Waals surface area contributed by atoms with E-state index in [1.165, 1.54) is 18.2 Å². The molecule has 0 bridgehead atoms. The number of carbonyl (C=O) groups is 1. The maximum absolute atomic E-state index is 10.9. The molecule has 0 heterocycles. The minimum atomic E-state index is -1.09. The van der Waals surface area contributed by atoms with Crippen LogP contribution in [-0.2, 0) is 0 Å². The number of hydrogen-bond acceptors (Lipinski definition) is 4. The summed E-state index contributed by atoms with van der Waals surface area (Å²) in [5, 5.41) is 18.0. The van der Waals surface area contributed by atoms with Crippen molar-refractivity contribution in [3.05, 3.63) is 53.6 Å². The molecule has 0 amide bonds. The Morgan fingerprint density at radius 1 is 1.24 bits per heavy atom. The molecule has 0 spiro atoms. The van der Waals surface area contributed by atoms with E-state index >= 15 is 0 Å². The highest BCUT2D eigenvalue weighted by Gasteiger charge is 2.10. The molecule has 0 aliphatic heterocycles. The number of ether oxygens (including phenoxy) is 2. The quantitative estimate of drug-likeness (QED) is 0.909. The van der Waals surface area contributed by atoms with Crippen LogP contribution in [-0.4, -0.2) is 17.7 Å². The molecule has 5 nitrogen and oxygen atoms in total. The minimum absolute atomic E-state index is 0.0435. The number of carboxylic acid groups (broad SMARTS) is 1. The summed E-state index contributed by atoms with van der Waals surface area (Å²) < 4.78 is 11.0. The van der Waals surface area contributed by atoms with Crippen LogP contribution in [0.15, 0.2) is 42.5 Å². The molecule has 5 heteroatoms. The third kappa shape index (κ3) is 3.51. The Morgan fingerprint density at radius 3 is 2.67 bits per heavy atom. The Labute approximate surface area is 122 Å². The van der Waals surface area contributed by atoms with Crippen molar-refractivity contribution in [2.45, 2.75) is 6.92 Å². The highest BCUT2D eigenvalue weighted by molar-refractivity contribution is 5.88. The number of carboxylic acids is 1. The summed E-state index contributed by atoms with van der Waals surface area (Å²) in [6, 6.07) is 13.1. The number of rotatable bonds is 5. The van der Waals surface area contributed by atoms with Crippen LogP contribution in [0.5, 0.6) is 17.2 Å². The molecule has 2 aromatic rings. The van der Waals surface area contributed by atoms with Gasteiger partial charge in [-0.25, -0.2) is 4.79 Å². The van der Waals surface area contributed by atoms with Crippen LogP contribution in [0.25, 0.3) is 0 Å². The zero-order valence-electron chi connectivity index (χ0n) is 11.4. The lowest BCUT2D eigenvalue weighted by Gasteiger charge is -2.09. The van der Waals surface area contributed by atoms with Gasteiger partial charge in [0.25, 0.3) is 0 Å². The van der Waals surface area contributed by atoms with E-state index in [1.807, 2.05) is 13.0 Å². The van der Waals surface area contributed by atoms with E-state index in [2.05, 4.69) is 0 Å². The number of nitriles is 1. The Bertz CT molecular complexity index is 704. The smallest absolute Gasteiger partial charge is 0.335 e. The van der Waals surface area contributed by atoms with Crippen molar-refractivity contribution < 1.29 is 19.4 Å². The van der Waals surface area contributed by atoms with Crippen LogP contribution in [0.3, 0.4) is 0 Å². The first kappa shape index (κ1) is 14.4. The zero-order valence-corrected chi connectivity index (χ0v) is 11.4. The van der Waals surface area contributed by atoms with Gasteiger partial charge in [-0.1, -0.05) is 6.07 Å². The van der Waals surface area contributed by atoms with Crippen molar-refractivity contribution in [1.82, 2.24) is 0 Å². The lowest BCUT2D eigenvalue weighted by Crippen LogP contribution is -1.98. The van der Waals surface area contributed by atoms with Gasteiger partial charge < -0.3 is 14.6 Å². The summed E-state index contributed by atoms with van der Waals surface area (Å²) in [6.07, 6.45) is 0. The van der Waals surface area contributed by atoms with E-state index in [-0.39, 0.29) is 11.1 Å². The Hall–Kier alpha value is -3.00. The predicted molar refractivity (Wildman–Crippen MR) is 75.8 cm³/mol. The van der Waals surface area contributed by atoms with Crippen LogP contribution in [0, 0.1) is 11.3 Å². The topological polar surface area (TPSA) is 79.6 Å². The molecule has 0 aliphatic rings. The van der Waals surface area contributed by atoms with Gasteiger partial charge in [0.1, 0.15) is 23.3 Å². The summed E-state index contributed by atoms with van der Waals surface area (Å²) in [6.45, 7) is 2.42. The Kier molecular flexibility index (Phi) is 4.42. The van der Waals surface area contributed by atoms with E-state index < -0.39 is 5.97 Å². The first-order valence-electron chi connectivity index (χ1n) is 6.32. The molecule has 0 aromatic heterocycles. The van der Waals surface area contributed by atoms with Crippen LogP contribution in [0.2, 0.25) is 0 Å². The van der Waals surface area contributed by atoms with Crippen molar-refractivity contribution in [2.24, 2.45) is 0 Å². The normalized spacial score (nSPS) is 9.71. The van der Waals surface area contributed by atoms with E-state index in [0.29, 0.717) is 23.9 Å². The second-order valence-electron chi connectivity index (χ2n) is 4.14. The number of aromatic carboxylic acids is 1. The highest BCUT2D eigenvalue weighted by atomic mass is 16.5. The Balaban J connectivity index is 2.29. The van der Waals surface area contributed by atoms with Gasteiger partial charge >= 0.3 is 5.97 Å². The van der Waals surface area contributed by atoms with E-state index in [1.54, 1.807) is 24.3 Å². The van der Waals surface area contributed by atoms with Crippen molar-refractivity contribution in [3.8, 4) is 23.3 Å². The van der Waals surface area contributed by atoms with Gasteiger partial charge in [0.15, 0.2) is 0 Å². The lowest BCUT2D eigenvalue weighted by molar-refractivity contribution is 0.0697. The van der Waals surface area contributed by atoms with Gasteiger partial charge in [-0.05, 0) is 37.3 Å². The molecule has 106 valence electrons. The summed E-state index contributed by atoms with van der Waals surface area (Å²) in [5.74, 6) is 0.392. The first-order valence-corrected chi connectivity index (χ1v) is 6.32. The first-order chi connectivity index (χ1) is 10.1. The SMILES string of the molecule is CCOc1cccc(Oc2ccc(C(=O)O)cc2C#N)c1. The van der Waals surface area contributed by atoms with Gasteiger partial charge in [-0.3, -0.25) is 0 Å². The van der Waals surface area contributed by atoms with Gasteiger partial charge in [0, 0.05) is 6.07 Å². The summed E-state index contributed by atoms with van der Waals surface area (Å²) in [5.41, 5.74) is 0.207. The van der Waals surface area contributed by atoms with E-state index in [9.17, 15) is 4.79 Å². The minimum Gasteiger partial charge on any atom is -0.494 e. The summed E-state index contributed by atoms with van der Waals surface area (Å²) in [4.78, 5) is 10.9. The second kappa shape index (κ2) is 6.44. The molecule has 2 rings (SSSR count). The Morgan fingerprint density at radius 2 is 2.00 bits per heavy atom. The van der Waals surface area contributed by atoms with Gasteiger partial charge in [0.2, 0.25) is 0 Å². The van der Waals surface area contributed by atoms with Crippen LogP contribution in [0.1, 0.15) is 22.8 Å². The van der Waals surface area contributed by atoms with Crippen molar-refractivity contribution >= 4 is 5.97 Å². The fourth-order valence-corrected chi connectivity index (χ4v) is 1.76. The number of nitrogens with zero attached hydrogens (tertiary/aromatic N) is 1. The molecule has 0 saturated heterocycles. The van der Waals surface area contributed by atoms with Gasteiger partial charge in [-0.2, -0.15) is 5.26 Å². The number of benzene rings is 2. The molecule has 0 atom stereocenters. The van der Waals surface area contributed by atoms with E-state index in [0.717, 1.165) is 0 Å². The maximum atomic E-state index is 10.9. The molecule has 2 aromatic carbocycles. The molecule has 1 N–H and O–H groups in total. The number of hydrogen-bond donors (Lipinski definition) is 1. The summed E-state index contributed by atoms with van der Waals surface area (Å²) >= 11 is 0. The highest BCUT2D eigenvalue weighted by Crippen LogP contribution is 2.28. The third-order valence-electron chi connectivity index (χ3n) is 2.69. The fraction of sp³-hybridized carbons (Fsp3) is 0.125. The largest absolute Gasteiger partial charge is 0.494 e. The zero-order chi connectivity index (χ0) is 15.2. The summed E-state index contributed by atoms with van der Waals surface area (Å²) in [7, 11) is 0. The standard InChI is InChI=1S/C16H13NO4/c1-2-20-13-4-3-5-14(9-13)21-15-7-6-11(16(18)19)8-12(15)10-17/h3-9H,2H2,1H3,(H,18,19). The lowest BCUT2D eigenvalue weighted by atomic mass is 10.1. The second-order valence-corrected chi connectivity index (χ2v) is 4.14. The molecule has 0 fully saturated rings.